The van der Waals surface area contributed by atoms with Crippen molar-refractivity contribution in [2.24, 2.45) is 0 Å². The van der Waals surface area contributed by atoms with Crippen molar-refractivity contribution in [1.29, 1.82) is 0 Å². The number of amides is 1. The highest BCUT2D eigenvalue weighted by atomic mass is 16.2. The molecule has 3 nitrogen and oxygen atoms in total. The fourth-order valence-electron chi connectivity index (χ4n) is 3.87. The summed E-state index contributed by atoms with van der Waals surface area (Å²) in [6, 6.07) is 26.9. The van der Waals surface area contributed by atoms with Crippen molar-refractivity contribution in [1.82, 2.24) is 9.47 Å². The Bertz CT molecular complexity index is 1150. The van der Waals surface area contributed by atoms with Gasteiger partial charge >= 0.3 is 0 Å². The third kappa shape index (κ3) is 4.16. The molecule has 4 rings (SSSR count). The predicted molar refractivity (Wildman–Crippen MR) is 124 cm³/mol. The molecule has 0 aliphatic carbocycles. The lowest BCUT2D eigenvalue weighted by Gasteiger charge is -2.28. The minimum Gasteiger partial charge on any atom is -0.345 e. The van der Waals surface area contributed by atoms with E-state index >= 15 is 0 Å². The Kier molecular flexibility index (Phi) is 5.71. The van der Waals surface area contributed by atoms with E-state index in [2.05, 4.69) is 80.1 Å². The largest absolute Gasteiger partial charge is 0.345 e. The Morgan fingerprint density at radius 3 is 2.40 bits per heavy atom. The van der Waals surface area contributed by atoms with Gasteiger partial charge in [0, 0.05) is 30.0 Å². The van der Waals surface area contributed by atoms with E-state index in [4.69, 9.17) is 0 Å². The zero-order valence-electron chi connectivity index (χ0n) is 17.9. The van der Waals surface area contributed by atoms with Gasteiger partial charge in [0.05, 0.1) is 6.54 Å². The molecule has 3 heteroatoms. The Labute approximate surface area is 178 Å². The lowest BCUT2D eigenvalue weighted by molar-refractivity contribution is 0.0688. The van der Waals surface area contributed by atoms with Crippen LogP contribution < -0.4 is 0 Å². The summed E-state index contributed by atoms with van der Waals surface area (Å²) in [6.07, 6.45) is 2.09. The van der Waals surface area contributed by atoms with Crippen LogP contribution in [0.2, 0.25) is 0 Å². The third-order valence-electron chi connectivity index (χ3n) is 5.63. The number of nitrogens with zero attached hydrogens (tertiary/aromatic N) is 2. The molecule has 1 aromatic heterocycles. The van der Waals surface area contributed by atoms with Crippen LogP contribution in [0.15, 0.2) is 85.1 Å². The van der Waals surface area contributed by atoms with E-state index < -0.39 is 0 Å². The molecule has 1 amide bonds. The summed E-state index contributed by atoms with van der Waals surface area (Å²) in [5.74, 6) is 0.0740. The highest BCUT2D eigenvalue weighted by Crippen LogP contribution is 2.22. The second-order valence-corrected chi connectivity index (χ2v) is 8.17. The molecule has 0 bridgehead atoms. The molecule has 30 heavy (non-hydrogen) atoms. The van der Waals surface area contributed by atoms with Gasteiger partial charge in [-0.3, -0.25) is 4.79 Å². The Morgan fingerprint density at radius 1 is 0.900 bits per heavy atom. The predicted octanol–water partition coefficient (Wildman–Crippen LogP) is 6.05. The van der Waals surface area contributed by atoms with Gasteiger partial charge in [-0.2, -0.15) is 0 Å². The van der Waals surface area contributed by atoms with Crippen molar-refractivity contribution in [3.05, 3.63) is 107 Å². The molecule has 0 unspecified atom stereocenters. The highest BCUT2D eigenvalue weighted by molar-refractivity contribution is 6.07. The Hall–Kier alpha value is -3.33. The molecule has 4 aromatic rings. The molecule has 0 spiro atoms. The minimum absolute atomic E-state index is 0.0740. The van der Waals surface area contributed by atoms with Crippen molar-refractivity contribution in [3.8, 4) is 0 Å². The van der Waals surface area contributed by atoms with Crippen molar-refractivity contribution >= 4 is 16.7 Å². The molecule has 0 radical (unpaired) electrons. The lowest BCUT2D eigenvalue weighted by Crippen LogP contribution is -2.37. The quantitative estimate of drug-likeness (QED) is 0.389. The first kappa shape index (κ1) is 20.0. The van der Waals surface area contributed by atoms with E-state index in [1.165, 1.54) is 11.1 Å². The summed E-state index contributed by atoms with van der Waals surface area (Å²) < 4.78 is 2.23. The number of rotatable bonds is 6. The van der Waals surface area contributed by atoms with Crippen LogP contribution in [-0.2, 0) is 13.1 Å². The average Bonchev–Trinajstić information content (AvgIpc) is 3.19. The van der Waals surface area contributed by atoms with E-state index in [-0.39, 0.29) is 11.9 Å². The summed E-state index contributed by atoms with van der Waals surface area (Å²) in [5, 5.41) is 2.10. The number of benzene rings is 3. The van der Waals surface area contributed by atoms with Crippen LogP contribution in [0.4, 0.5) is 0 Å². The van der Waals surface area contributed by atoms with Crippen LogP contribution in [0.5, 0.6) is 0 Å². The van der Waals surface area contributed by atoms with E-state index in [1.807, 2.05) is 35.2 Å². The van der Waals surface area contributed by atoms with E-state index in [9.17, 15) is 4.79 Å². The maximum absolute atomic E-state index is 13.6. The number of aryl methyl sites for hydroxylation is 1. The van der Waals surface area contributed by atoms with E-state index in [0.717, 1.165) is 28.6 Å². The van der Waals surface area contributed by atoms with Gasteiger partial charge < -0.3 is 9.47 Å². The van der Waals surface area contributed by atoms with Crippen molar-refractivity contribution in [3.63, 3.8) is 0 Å². The Balaban J connectivity index is 1.61. The summed E-state index contributed by atoms with van der Waals surface area (Å²) in [4.78, 5) is 15.5. The van der Waals surface area contributed by atoms with Gasteiger partial charge in [0.25, 0.3) is 5.91 Å². The van der Waals surface area contributed by atoms with Gasteiger partial charge in [0.15, 0.2) is 0 Å². The maximum Gasteiger partial charge on any atom is 0.255 e. The van der Waals surface area contributed by atoms with Gasteiger partial charge in [-0.25, -0.2) is 0 Å². The molecule has 0 atom stereocenters. The molecule has 0 aliphatic heterocycles. The van der Waals surface area contributed by atoms with Crippen molar-refractivity contribution in [2.45, 2.75) is 39.9 Å². The molecular formula is C27H28N2O. The third-order valence-corrected chi connectivity index (χ3v) is 5.63. The smallest absolute Gasteiger partial charge is 0.255 e. The standard InChI is InChI=1S/C27H28N2O/c1-20(2)29(27(30)26-12-6-9-23-8-4-5-11-25(23)26)19-24-10-7-17-28(24)18-22-15-13-21(3)14-16-22/h4-17,20H,18-19H2,1-3H3. The van der Waals surface area contributed by atoms with E-state index in [0.29, 0.717) is 6.54 Å². The van der Waals surface area contributed by atoms with Gasteiger partial charge in [0.1, 0.15) is 0 Å². The highest BCUT2D eigenvalue weighted by Gasteiger charge is 2.22. The average molecular weight is 397 g/mol. The molecule has 0 saturated carbocycles. The number of hydrogen-bond acceptors (Lipinski definition) is 1. The Morgan fingerprint density at radius 2 is 1.63 bits per heavy atom. The first-order valence-electron chi connectivity index (χ1n) is 10.5. The number of fused-ring (bicyclic) bond motifs is 1. The molecule has 1 heterocycles. The van der Waals surface area contributed by atoms with Gasteiger partial charge in [-0.1, -0.05) is 66.2 Å². The zero-order valence-corrected chi connectivity index (χ0v) is 17.9. The van der Waals surface area contributed by atoms with Crippen LogP contribution in [0, 0.1) is 6.92 Å². The van der Waals surface area contributed by atoms with Crippen LogP contribution >= 0.6 is 0 Å². The normalized spacial score (nSPS) is 11.2. The van der Waals surface area contributed by atoms with Crippen LogP contribution in [0.25, 0.3) is 10.8 Å². The second kappa shape index (κ2) is 8.58. The fraction of sp³-hybridized carbons (Fsp3) is 0.222. The molecule has 0 fully saturated rings. The number of carbonyl (C=O) groups excluding carboxylic acids is 1. The van der Waals surface area contributed by atoms with Gasteiger partial charge in [0.2, 0.25) is 0 Å². The van der Waals surface area contributed by atoms with Crippen LogP contribution in [0.3, 0.4) is 0 Å². The van der Waals surface area contributed by atoms with Crippen LogP contribution in [-0.4, -0.2) is 21.4 Å². The van der Waals surface area contributed by atoms with Crippen molar-refractivity contribution in [2.75, 3.05) is 0 Å². The molecule has 3 aromatic carbocycles. The van der Waals surface area contributed by atoms with E-state index in [1.54, 1.807) is 0 Å². The number of hydrogen-bond donors (Lipinski definition) is 0. The van der Waals surface area contributed by atoms with Crippen LogP contribution in [0.1, 0.15) is 41.0 Å². The fourth-order valence-corrected chi connectivity index (χ4v) is 3.87. The summed E-state index contributed by atoms with van der Waals surface area (Å²) in [5.41, 5.74) is 4.42. The number of carbonyl (C=O) groups is 1. The summed E-state index contributed by atoms with van der Waals surface area (Å²) >= 11 is 0. The molecule has 0 saturated heterocycles. The molecule has 152 valence electrons. The SMILES string of the molecule is Cc1ccc(Cn2cccc2CN(C(=O)c2cccc3ccccc23)C(C)C)cc1. The molecular weight excluding hydrogens is 368 g/mol. The van der Waals surface area contributed by atoms with Gasteiger partial charge in [-0.05, 0) is 55.3 Å². The van der Waals surface area contributed by atoms with Crippen molar-refractivity contribution < 1.29 is 4.79 Å². The first-order valence-corrected chi connectivity index (χ1v) is 10.5. The summed E-state index contributed by atoms with van der Waals surface area (Å²) in [6.45, 7) is 7.65. The van der Waals surface area contributed by atoms with Gasteiger partial charge in [-0.15, -0.1) is 0 Å². The second-order valence-electron chi connectivity index (χ2n) is 8.17. The number of aromatic nitrogens is 1. The minimum atomic E-state index is 0.0740. The zero-order chi connectivity index (χ0) is 21.1. The maximum atomic E-state index is 13.6. The topological polar surface area (TPSA) is 25.2 Å². The first-order chi connectivity index (χ1) is 14.5. The lowest BCUT2D eigenvalue weighted by atomic mass is 10.0. The monoisotopic (exact) mass is 396 g/mol. The summed E-state index contributed by atoms with van der Waals surface area (Å²) in [7, 11) is 0. The molecule has 0 N–H and O–H groups in total. The molecule has 0 aliphatic rings.